The second-order valence-corrected chi connectivity index (χ2v) is 4.80. The topological polar surface area (TPSA) is 41.4 Å². The molecule has 1 heterocycles. The molecule has 0 spiro atoms. The second kappa shape index (κ2) is 4.24. The second-order valence-electron chi connectivity index (χ2n) is 4.80. The highest BCUT2D eigenvalue weighted by molar-refractivity contribution is 5.16. The molecule has 0 aromatic carbocycles. The fraction of sp³-hybridized carbons (Fsp3) is 0.833. The van der Waals surface area contributed by atoms with Gasteiger partial charge in [0.15, 0.2) is 0 Å². The van der Waals surface area contributed by atoms with Gasteiger partial charge < -0.3 is 14.6 Å². The van der Waals surface area contributed by atoms with Gasteiger partial charge in [0, 0.05) is 20.0 Å². The van der Waals surface area contributed by atoms with Crippen LogP contribution >= 0.6 is 0 Å². The van der Waals surface area contributed by atoms with Crippen LogP contribution in [0.4, 0.5) is 0 Å². The fourth-order valence-corrected chi connectivity index (χ4v) is 2.54. The van der Waals surface area contributed by atoms with Gasteiger partial charge in [-0.05, 0) is 24.8 Å². The Kier molecular flexibility index (Phi) is 3.14. The molecule has 0 saturated carbocycles. The molecule has 3 atom stereocenters. The summed E-state index contributed by atoms with van der Waals surface area (Å²) in [4.78, 5) is 0. The standard InChI is InChI=1S/C12H20O3/c1-12(13,14-2)7-11-10-6-4-3-5-9(10)8-15-11/h5,10-11,13H,3-4,6-8H2,1-2H3/p+1/t10?,11?,12-/m0/s1. The number of hydrogen-bond acceptors (Lipinski definition) is 2. The van der Waals surface area contributed by atoms with E-state index in [-0.39, 0.29) is 6.10 Å². The maximum absolute atomic E-state index is 7.92. The summed E-state index contributed by atoms with van der Waals surface area (Å²) in [5, 5.41) is 7.92. The third-order valence-corrected chi connectivity index (χ3v) is 3.56. The van der Waals surface area contributed by atoms with E-state index in [0.717, 1.165) is 6.61 Å². The van der Waals surface area contributed by atoms with Crippen LogP contribution in [0.15, 0.2) is 11.6 Å². The molecule has 0 aromatic heterocycles. The summed E-state index contributed by atoms with van der Waals surface area (Å²) in [6.07, 6.45) is 6.86. The van der Waals surface area contributed by atoms with Gasteiger partial charge >= 0.3 is 0 Å². The minimum atomic E-state index is -0.808. The van der Waals surface area contributed by atoms with Crippen LogP contribution in [0.5, 0.6) is 0 Å². The van der Waals surface area contributed by atoms with Crippen molar-refractivity contribution in [2.24, 2.45) is 5.92 Å². The van der Waals surface area contributed by atoms with Crippen LogP contribution in [0.2, 0.25) is 0 Å². The van der Waals surface area contributed by atoms with Crippen LogP contribution in [0.25, 0.3) is 0 Å². The maximum Gasteiger partial charge on any atom is 0.272 e. The molecule has 0 amide bonds. The highest BCUT2D eigenvalue weighted by Gasteiger charge is 2.40. The third-order valence-electron chi connectivity index (χ3n) is 3.56. The number of allylic oxidation sites excluding steroid dienone is 1. The summed E-state index contributed by atoms with van der Waals surface area (Å²) >= 11 is 0. The van der Waals surface area contributed by atoms with Crippen molar-refractivity contribution in [3.8, 4) is 0 Å². The summed E-state index contributed by atoms with van der Waals surface area (Å²) in [7, 11) is 1.60. The first-order chi connectivity index (χ1) is 7.12. The summed E-state index contributed by atoms with van der Waals surface area (Å²) in [5.41, 5.74) is 1.46. The maximum atomic E-state index is 7.92. The lowest BCUT2D eigenvalue weighted by Gasteiger charge is -2.25. The summed E-state index contributed by atoms with van der Waals surface area (Å²) in [6.45, 7) is 2.58. The van der Waals surface area contributed by atoms with E-state index < -0.39 is 5.79 Å². The van der Waals surface area contributed by atoms with Crippen molar-refractivity contribution in [3.63, 3.8) is 0 Å². The van der Waals surface area contributed by atoms with Gasteiger partial charge in [-0.2, -0.15) is 0 Å². The van der Waals surface area contributed by atoms with Gasteiger partial charge in [-0.25, -0.2) is 0 Å². The Hall–Kier alpha value is -0.380. The van der Waals surface area contributed by atoms with Crippen molar-refractivity contribution in [3.05, 3.63) is 11.6 Å². The molecule has 2 N–H and O–H groups in total. The minimum absolute atomic E-state index is 0.194. The van der Waals surface area contributed by atoms with Crippen molar-refractivity contribution in [1.82, 2.24) is 0 Å². The molecule has 1 aliphatic carbocycles. The van der Waals surface area contributed by atoms with Gasteiger partial charge in [-0.3, -0.25) is 0 Å². The number of rotatable bonds is 3. The van der Waals surface area contributed by atoms with Crippen LogP contribution in [0.3, 0.4) is 0 Å². The molecule has 15 heavy (non-hydrogen) atoms. The molecule has 2 unspecified atom stereocenters. The Balaban J connectivity index is 2.00. The third kappa shape index (κ3) is 2.41. The number of hydrogen-bond donors (Lipinski definition) is 0. The zero-order valence-electron chi connectivity index (χ0n) is 9.58. The first-order valence-electron chi connectivity index (χ1n) is 5.73. The van der Waals surface area contributed by atoms with E-state index in [1.807, 2.05) is 0 Å². The highest BCUT2D eigenvalue weighted by atomic mass is 16.6. The molecular formula is C12H21O3+. The molecule has 0 radical (unpaired) electrons. The van der Waals surface area contributed by atoms with E-state index in [9.17, 15) is 0 Å². The Morgan fingerprint density at radius 3 is 3.20 bits per heavy atom. The van der Waals surface area contributed by atoms with Gasteiger partial charge in [0.25, 0.3) is 5.79 Å². The van der Waals surface area contributed by atoms with Crippen molar-refractivity contribution in [2.75, 3.05) is 13.7 Å². The van der Waals surface area contributed by atoms with Gasteiger partial charge in [0.2, 0.25) is 0 Å². The summed E-state index contributed by atoms with van der Waals surface area (Å²) in [6, 6.07) is 0. The lowest BCUT2D eigenvalue weighted by molar-refractivity contribution is -0.192. The molecule has 2 aliphatic rings. The molecule has 1 aliphatic heterocycles. The quantitative estimate of drug-likeness (QED) is 0.406. The van der Waals surface area contributed by atoms with Gasteiger partial charge in [-0.1, -0.05) is 6.08 Å². The van der Waals surface area contributed by atoms with Crippen LogP contribution in [-0.2, 0) is 9.47 Å². The Bertz CT molecular complexity index is 258. The van der Waals surface area contributed by atoms with E-state index in [2.05, 4.69) is 6.08 Å². The van der Waals surface area contributed by atoms with Crippen LogP contribution < -0.4 is 0 Å². The Labute approximate surface area is 91.1 Å². The van der Waals surface area contributed by atoms with E-state index in [0.29, 0.717) is 12.3 Å². The van der Waals surface area contributed by atoms with Crippen molar-refractivity contribution in [2.45, 2.75) is 44.5 Å². The molecule has 1 fully saturated rings. The van der Waals surface area contributed by atoms with Crippen LogP contribution in [-0.4, -0.2) is 30.7 Å². The van der Waals surface area contributed by atoms with Crippen molar-refractivity contribution in [1.29, 1.82) is 0 Å². The first-order valence-corrected chi connectivity index (χ1v) is 5.73. The Morgan fingerprint density at radius 1 is 1.67 bits per heavy atom. The molecular weight excluding hydrogens is 192 g/mol. The van der Waals surface area contributed by atoms with Crippen LogP contribution in [0.1, 0.15) is 32.6 Å². The number of ether oxygens (including phenoxy) is 2. The van der Waals surface area contributed by atoms with E-state index >= 15 is 0 Å². The molecule has 1 saturated heterocycles. The molecule has 0 aromatic rings. The molecule has 2 rings (SSSR count). The predicted octanol–water partition coefficient (Wildman–Crippen LogP) is 1.59. The normalized spacial score (nSPS) is 34.5. The van der Waals surface area contributed by atoms with E-state index in [4.69, 9.17) is 14.6 Å². The van der Waals surface area contributed by atoms with Gasteiger partial charge in [0.05, 0.1) is 19.1 Å². The van der Waals surface area contributed by atoms with Crippen molar-refractivity contribution < 1.29 is 14.6 Å². The summed E-state index contributed by atoms with van der Waals surface area (Å²) in [5.74, 6) is -0.254. The average Bonchev–Trinajstić information content (AvgIpc) is 2.62. The van der Waals surface area contributed by atoms with E-state index in [1.54, 1.807) is 14.0 Å². The van der Waals surface area contributed by atoms with Crippen molar-refractivity contribution >= 4 is 0 Å². The predicted molar refractivity (Wildman–Crippen MR) is 58.8 cm³/mol. The highest BCUT2D eigenvalue weighted by Crippen LogP contribution is 2.38. The zero-order chi connectivity index (χ0) is 10.9. The smallest absolute Gasteiger partial charge is 0.272 e. The van der Waals surface area contributed by atoms with Gasteiger partial charge in [0.1, 0.15) is 0 Å². The lowest BCUT2D eigenvalue weighted by Crippen LogP contribution is -2.34. The molecule has 86 valence electrons. The summed E-state index contributed by atoms with van der Waals surface area (Å²) < 4.78 is 10.9. The number of fused-ring (bicyclic) bond motifs is 1. The lowest BCUT2D eigenvalue weighted by atomic mass is 9.84. The first kappa shape index (κ1) is 11.1. The minimum Gasteiger partial charge on any atom is -0.419 e. The largest absolute Gasteiger partial charge is 0.419 e. The monoisotopic (exact) mass is 213 g/mol. The van der Waals surface area contributed by atoms with Crippen LogP contribution in [0, 0.1) is 5.92 Å². The molecule has 3 heteroatoms. The van der Waals surface area contributed by atoms with Gasteiger partial charge in [-0.15, -0.1) is 0 Å². The Morgan fingerprint density at radius 2 is 2.47 bits per heavy atom. The number of methoxy groups -OCH3 is 1. The fourth-order valence-electron chi connectivity index (χ4n) is 2.54. The zero-order valence-corrected chi connectivity index (χ0v) is 9.58. The molecule has 0 bridgehead atoms. The SMILES string of the molecule is CO[C@](C)([OH2+])CC1OCC2=CCCCC21. The molecule has 3 nitrogen and oxygen atoms in total. The average molecular weight is 213 g/mol. The van der Waals surface area contributed by atoms with E-state index in [1.165, 1.54) is 24.8 Å².